The maximum absolute atomic E-state index is 12.6. The monoisotopic (exact) mass is 1060 g/mol. The zero-order valence-electron chi connectivity index (χ0n) is 38.9. The van der Waals surface area contributed by atoms with E-state index in [1.54, 1.807) is 24.3 Å². The highest BCUT2D eigenvalue weighted by Crippen LogP contribution is 2.40. The number of para-hydroxylation sites is 7. The van der Waals surface area contributed by atoms with Gasteiger partial charge < -0.3 is 14.5 Å². The van der Waals surface area contributed by atoms with E-state index in [1.807, 2.05) is 73.3 Å². The number of aromatic nitrogens is 4. The average molecular weight is 1060 g/mol. The van der Waals surface area contributed by atoms with Crippen molar-refractivity contribution in [3.8, 4) is 17.1 Å². The van der Waals surface area contributed by atoms with E-state index < -0.39 is 10.1 Å². The summed E-state index contributed by atoms with van der Waals surface area (Å²) in [4.78, 5) is 5.91. The molecule has 0 bridgehead atoms. The van der Waals surface area contributed by atoms with Crippen LogP contribution in [0.5, 0.6) is 0 Å². The molecule has 0 saturated carbocycles. The molecule has 0 atom stereocenters. The number of fused-ring (bicyclic) bond motifs is 12. The number of rotatable bonds is 6. The maximum atomic E-state index is 12.6. The van der Waals surface area contributed by atoms with Gasteiger partial charge >= 0.3 is 0 Å². The third-order valence-corrected chi connectivity index (χ3v) is 16.5. The van der Waals surface area contributed by atoms with Crippen LogP contribution in [-0.2, 0) is 33.1 Å². The minimum absolute atomic E-state index is 0. The Balaban J connectivity index is 0.000000131. The summed E-state index contributed by atoms with van der Waals surface area (Å²) in [7, 11) is -3.86. The average Bonchev–Trinajstić information content (AvgIpc) is 4.17. The first kappa shape index (κ1) is 45.8. The molecule has 0 aliphatic carbocycles. The van der Waals surface area contributed by atoms with Gasteiger partial charge in [0.05, 0.1) is 55.3 Å². The van der Waals surface area contributed by atoms with Crippen molar-refractivity contribution in [2.75, 3.05) is 5.32 Å². The van der Waals surface area contributed by atoms with Crippen molar-refractivity contribution in [3.63, 3.8) is 0 Å². The summed E-state index contributed by atoms with van der Waals surface area (Å²) >= 11 is 10.4. The van der Waals surface area contributed by atoms with Gasteiger partial charge in [-0.15, -0.1) is 0 Å². The van der Waals surface area contributed by atoms with E-state index in [0.717, 1.165) is 60.2 Å². The Morgan fingerprint density at radius 3 is 1.75 bits per heavy atom. The number of thioether (sulfide) groups is 1. The van der Waals surface area contributed by atoms with Crippen molar-refractivity contribution in [2.45, 2.75) is 35.8 Å². The SMILES string of the molecule is Cc1ccc(S(=O)(=O)OCc2cc(-n3c4ccccc4c4ccccc43)ccc2Br)cc1.S=C1Cc2ccccc2N1.[2HH].c1ccc2c(c1)nc1n2-c2ccc(-n3c4ccccc4c4ccccc43)cc2CS1. The van der Waals surface area contributed by atoms with Crippen LogP contribution in [0.3, 0.4) is 0 Å². The molecule has 0 fully saturated rings. The molecule has 9 aromatic carbocycles. The van der Waals surface area contributed by atoms with E-state index in [1.165, 1.54) is 66.3 Å². The molecular weight excluding hydrogens is 1010 g/mol. The van der Waals surface area contributed by atoms with Gasteiger partial charge in [0.15, 0.2) is 5.16 Å². The van der Waals surface area contributed by atoms with Crippen LogP contribution >= 0.6 is 39.9 Å². The number of hydrogen-bond acceptors (Lipinski definition) is 6. The summed E-state index contributed by atoms with van der Waals surface area (Å²) in [6.07, 6.45) is 0.908. The van der Waals surface area contributed by atoms with Gasteiger partial charge in [-0.2, -0.15) is 8.42 Å². The van der Waals surface area contributed by atoms with Crippen molar-refractivity contribution in [1.82, 2.24) is 18.7 Å². The van der Waals surface area contributed by atoms with Crippen LogP contribution in [0.1, 0.15) is 23.7 Å². The number of hydrogen-bond donors (Lipinski definition) is 1. The quantitative estimate of drug-likeness (QED) is 0.131. The lowest BCUT2D eigenvalue weighted by Crippen LogP contribution is -2.07. The van der Waals surface area contributed by atoms with Crippen molar-refractivity contribution in [1.29, 1.82) is 0 Å². The lowest BCUT2D eigenvalue weighted by atomic mass is 10.1. The van der Waals surface area contributed by atoms with Crippen LogP contribution in [0.2, 0.25) is 0 Å². The number of halogens is 1. The van der Waals surface area contributed by atoms with E-state index in [2.05, 4.69) is 162 Å². The van der Waals surface area contributed by atoms with Crippen LogP contribution in [-0.4, -0.2) is 32.1 Å². The molecule has 72 heavy (non-hydrogen) atoms. The third-order valence-electron chi connectivity index (χ3n) is 13.2. The lowest BCUT2D eigenvalue weighted by molar-refractivity contribution is 0.307. The first-order valence-corrected chi connectivity index (χ1v) is 27.1. The van der Waals surface area contributed by atoms with Crippen molar-refractivity contribution >= 4 is 115 Å². The normalized spacial score (nSPS) is 12.8. The highest BCUT2D eigenvalue weighted by atomic mass is 79.9. The van der Waals surface area contributed by atoms with Gasteiger partial charge in [-0.1, -0.05) is 161 Å². The molecule has 1 N–H and O–H groups in total. The first-order chi connectivity index (χ1) is 35.2. The fourth-order valence-corrected chi connectivity index (χ4v) is 12.3. The standard InChI is InChI=1S/C26H20BrNO3S.C26H17N3S.C8H7NS.H2/c1-18-10-13-21(14-11-18)32(29,30)31-17-19-16-20(12-15-24(19)27)28-25-8-4-2-6-22(25)23-7-3-5-9-26(23)28;1-4-10-23-19(7-1)20-8-2-5-11-24(20)28(23)18-13-14-22-17(15-18)16-30-26-27-21-9-3-6-12-25(21)29(22)26;10-8-5-6-3-1-2-4-7(6)9-8;/h2-16H,17H2,1H3;1-15H,16H2;1-4H,5H2,(H,9,10);1H/i;;;1+1. The van der Waals surface area contributed by atoms with Gasteiger partial charge in [0.1, 0.15) is 0 Å². The molecule has 0 saturated heterocycles. The number of aryl methyl sites for hydroxylation is 1. The van der Waals surface area contributed by atoms with Crippen LogP contribution < -0.4 is 5.32 Å². The second-order valence-electron chi connectivity index (χ2n) is 17.7. The Morgan fingerprint density at radius 2 is 1.14 bits per heavy atom. The van der Waals surface area contributed by atoms with Gasteiger partial charge in [-0.3, -0.25) is 8.75 Å². The Labute approximate surface area is 436 Å². The fourth-order valence-electron chi connectivity index (χ4n) is 9.81. The van der Waals surface area contributed by atoms with Crippen LogP contribution in [0.25, 0.3) is 71.7 Å². The van der Waals surface area contributed by atoms with E-state index in [9.17, 15) is 8.42 Å². The molecule has 8 nitrogen and oxygen atoms in total. The number of nitrogens with zero attached hydrogens (tertiary/aromatic N) is 4. The molecule has 12 aromatic rings. The molecule has 0 spiro atoms. The topological polar surface area (TPSA) is 83.1 Å². The molecule has 12 heteroatoms. The van der Waals surface area contributed by atoms with Gasteiger partial charge in [0, 0.05) is 56.7 Å². The number of anilines is 1. The van der Waals surface area contributed by atoms with E-state index in [0.29, 0.717) is 0 Å². The molecule has 354 valence electrons. The van der Waals surface area contributed by atoms with Crippen LogP contribution in [0.4, 0.5) is 5.69 Å². The number of nitrogens with one attached hydrogen (secondary N) is 1. The summed E-state index contributed by atoms with van der Waals surface area (Å²) in [6.45, 7) is 1.84. The predicted molar refractivity (Wildman–Crippen MR) is 305 cm³/mol. The van der Waals surface area contributed by atoms with Crippen LogP contribution in [0.15, 0.2) is 221 Å². The minimum atomic E-state index is -3.86. The van der Waals surface area contributed by atoms with Gasteiger partial charge in [0.25, 0.3) is 10.1 Å². The molecule has 2 aliphatic rings. The Bertz CT molecular complexity index is 4070. The molecule has 5 heterocycles. The third kappa shape index (κ3) is 8.48. The maximum Gasteiger partial charge on any atom is 0.297 e. The molecule has 0 unspecified atom stereocenters. The lowest BCUT2D eigenvalue weighted by Gasteiger charge is -2.20. The molecule has 0 amide bonds. The zero-order chi connectivity index (χ0) is 48.9. The fraction of sp³-hybridized carbons (Fsp3) is 0.0667. The van der Waals surface area contributed by atoms with Crippen LogP contribution in [0, 0.1) is 6.92 Å². The van der Waals surface area contributed by atoms with E-state index in [-0.39, 0.29) is 12.9 Å². The predicted octanol–water partition coefficient (Wildman–Crippen LogP) is 15.7. The number of benzene rings is 9. The number of imidazole rings is 1. The number of thiocarbonyl (C=S) groups is 1. The summed E-state index contributed by atoms with van der Waals surface area (Å²) in [5, 5.41) is 9.14. The summed E-state index contributed by atoms with van der Waals surface area (Å²) in [5.41, 5.74) is 15.9. The molecule has 2 aliphatic heterocycles. The Kier molecular flexibility index (Phi) is 12.1. The Hall–Kier alpha value is -7.32. The van der Waals surface area contributed by atoms with Gasteiger partial charge in [0.2, 0.25) is 0 Å². The molecule has 0 radical (unpaired) electrons. The van der Waals surface area contributed by atoms with E-state index in [4.69, 9.17) is 21.4 Å². The Morgan fingerprint density at radius 1 is 0.611 bits per heavy atom. The highest BCUT2D eigenvalue weighted by molar-refractivity contribution is 9.10. The van der Waals surface area contributed by atoms with E-state index >= 15 is 0 Å². The summed E-state index contributed by atoms with van der Waals surface area (Å²) in [6, 6.07) is 69.9. The molecule has 14 rings (SSSR count). The van der Waals surface area contributed by atoms with Crippen molar-refractivity contribution < 1.29 is 14.0 Å². The first-order valence-electron chi connectivity index (χ1n) is 23.5. The zero-order valence-corrected chi connectivity index (χ0v) is 42.9. The van der Waals surface area contributed by atoms with Crippen molar-refractivity contribution in [2.24, 2.45) is 0 Å². The molecule has 3 aromatic heterocycles. The van der Waals surface area contributed by atoms with Gasteiger partial charge in [-0.05, 0) is 115 Å². The summed E-state index contributed by atoms with van der Waals surface area (Å²) in [5.74, 6) is 0.934. The molecular formula is C60H46BrN5O3S3. The largest absolute Gasteiger partial charge is 0.350 e. The van der Waals surface area contributed by atoms with Gasteiger partial charge in [-0.25, -0.2) is 4.98 Å². The minimum Gasteiger partial charge on any atom is -0.350 e. The van der Waals surface area contributed by atoms with Crippen molar-refractivity contribution in [3.05, 3.63) is 233 Å². The smallest absolute Gasteiger partial charge is 0.297 e. The second kappa shape index (κ2) is 19.0. The second-order valence-corrected chi connectivity index (χ2v) is 21.7. The highest BCUT2D eigenvalue weighted by Gasteiger charge is 2.23. The summed E-state index contributed by atoms with van der Waals surface area (Å²) < 4.78 is 38.4.